The Hall–Kier alpha value is -1.57. The largest absolute Gasteiger partial charge is 0.341 e. The van der Waals surface area contributed by atoms with E-state index in [1.807, 2.05) is 0 Å². The van der Waals surface area contributed by atoms with Crippen molar-refractivity contribution in [2.75, 3.05) is 12.8 Å². The molecule has 3 amide bonds. The first-order valence-electron chi connectivity index (χ1n) is 6.62. The Balaban J connectivity index is 1.99. The number of hydrogen-bond donors (Lipinski definition) is 2. The zero-order valence-corrected chi connectivity index (χ0v) is 12.7. The van der Waals surface area contributed by atoms with E-state index in [0.29, 0.717) is 12.0 Å². The second-order valence-corrected chi connectivity index (χ2v) is 5.96. The standard InChI is InChI=1S/C12H19N5O2S/c1-7(2)10-15-16-12(17(10)8-4-5-8)20-6-9(18)14-11(19)13-3/h7-8H,4-6H2,1-3H3,(H2,13,14,18,19). The lowest BCUT2D eigenvalue weighted by Gasteiger charge is -2.10. The lowest BCUT2D eigenvalue weighted by Crippen LogP contribution is -2.38. The molecule has 0 unspecified atom stereocenters. The van der Waals surface area contributed by atoms with Crippen LogP contribution in [-0.2, 0) is 4.79 Å². The Morgan fingerprint density at radius 2 is 2.10 bits per heavy atom. The average molecular weight is 297 g/mol. The van der Waals surface area contributed by atoms with Gasteiger partial charge in [0.15, 0.2) is 5.16 Å². The molecule has 20 heavy (non-hydrogen) atoms. The molecule has 1 aromatic heterocycles. The normalized spacial score (nSPS) is 14.4. The molecule has 110 valence electrons. The molecule has 1 aromatic rings. The summed E-state index contributed by atoms with van der Waals surface area (Å²) in [5, 5.41) is 13.7. The minimum absolute atomic E-state index is 0.149. The Bertz CT molecular complexity index is 510. The van der Waals surface area contributed by atoms with E-state index < -0.39 is 6.03 Å². The van der Waals surface area contributed by atoms with E-state index in [9.17, 15) is 9.59 Å². The number of amides is 3. The van der Waals surface area contributed by atoms with Gasteiger partial charge in [-0.3, -0.25) is 10.1 Å². The zero-order chi connectivity index (χ0) is 14.7. The van der Waals surface area contributed by atoms with Crippen LogP contribution in [0, 0.1) is 0 Å². The van der Waals surface area contributed by atoms with Crippen molar-refractivity contribution < 1.29 is 9.59 Å². The van der Waals surface area contributed by atoms with E-state index in [2.05, 4.69) is 39.2 Å². The quantitative estimate of drug-likeness (QED) is 0.799. The number of urea groups is 1. The molecule has 0 spiro atoms. The third-order valence-electron chi connectivity index (χ3n) is 2.93. The maximum absolute atomic E-state index is 11.6. The summed E-state index contributed by atoms with van der Waals surface area (Å²) in [5.74, 6) is 1.07. The molecule has 7 nitrogen and oxygen atoms in total. The van der Waals surface area contributed by atoms with Gasteiger partial charge in [-0.05, 0) is 12.8 Å². The summed E-state index contributed by atoms with van der Waals surface area (Å²) >= 11 is 1.31. The first-order chi connectivity index (χ1) is 9.52. The summed E-state index contributed by atoms with van der Waals surface area (Å²) in [4.78, 5) is 22.6. The van der Waals surface area contributed by atoms with Gasteiger partial charge in [-0.15, -0.1) is 10.2 Å². The molecule has 2 rings (SSSR count). The SMILES string of the molecule is CNC(=O)NC(=O)CSc1nnc(C(C)C)n1C1CC1. The van der Waals surface area contributed by atoms with E-state index in [0.717, 1.165) is 23.8 Å². The molecule has 0 aliphatic heterocycles. The number of carbonyl (C=O) groups is 2. The Morgan fingerprint density at radius 1 is 1.40 bits per heavy atom. The van der Waals surface area contributed by atoms with Crippen molar-refractivity contribution in [2.45, 2.75) is 43.8 Å². The van der Waals surface area contributed by atoms with Crippen LogP contribution in [0.15, 0.2) is 5.16 Å². The predicted octanol–water partition coefficient (Wildman–Crippen LogP) is 1.28. The maximum Gasteiger partial charge on any atom is 0.321 e. The van der Waals surface area contributed by atoms with Crippen LogP contribution < -0.4 is 10.6 Å². The Kier molecular flexibility index (Phi) is 4.64. The average Bonchev–Trinajstić information content (AvgIpc) is 3.15. The summed E-state index contributed by atoms with van der Waals surface area (Å²) in [5.41, 5.74) is 0. The molecule has 0 radical (unpaired) electrons. The van der Waals surface area contributed by atoms with Crippen molar-refractivity contribution in [1.82, 2.24) is 25.4 Å². The predicted molar refractivity (Wildman–Crippen MR) is 75.7 cm³/mol. The Morgan fingerprint density at radius 3 is 2.65 bits per heavy atom. The number of imide groups is 1. The van der Waals surface area contributed by atoms with E-state index in [1.165, 1.54) is 18.8 Å². The molecular weight excluding hydrogens is 278 g/mol. The third-order valence-corrected chi connectivity index (χ3v) is 3.87. The van der Waals surface area contributed by atoms with Crippen molar-refractivity contribution in [3.8, 4) is 0 Å². The Labute approximate surface area is 121 Å². The molecule has 1 heterocycles. The lowest BCUT2D eigenvalue weighted by molar-refractivity contribution is -0.117. The van der Waals surface area contributed by atoms with E-state index >= 15 is 0 Å². The molecule has 1 fully saturated rings. The van der Waals surface area contributed by atoms with Crippen molar-refractivity contribution in [2.24, 2.45) is 0 Å². The van der Waals surface area contributed by atoms with Gasteiger partial charge in [0.05, 0.1) is 5.75 Å². The van der Waals surface area contributed by atoms with Crippen LogP contribution in [0.2, 0.25) is 0 Å². The molecule has 1 aliphatic carbocycles. The van der Waals surface area contributed by atoms with Gasteiger partial charge in [0.2, 0.25) is 5.91 Å². The van der Waals surface area contributed by atoms with Crippen molar-refractivity contribution in [3.63, 3.8) is 0 Å². The zero-order valence-electron chi connectivity index (χ0n) is 11.8. The molecule has 2 N–H and O–H groups in total. The van der Waals surface area contributed by atoms with Gasteiger partial charge >= 0.3 is 6.03 Å². The molecule has 8 heteroatoms. The van der Waals surface area contributed by atoms with Gasteiger partial charge < -0.3 is 9.88 Å². The summed E-state index contributed by atoms with van der Waals surface area (Å²) in [6, 6.07) is -0.0333. The number of aromatic nitrogens is 3. The van der Waals surface area contributed by atoms with Gasteiger partial charge in [0.25, 0.3) is 0 Å². The minimum Gasteiger partial charge on any atom is -0.341 e. The van der Waals surface area contributed by atoms with Crippen LogP contribution in [0.1, 0.15) is 44.5 Å². The molecule has 0 aromatic carbocycles. The number of rotatable bonds is 5. The van der Waals surface area contributed by atoms with Gasteiger partial charge in [0.1, 0.15) is 5.82 Å². The van der Waals surface area contributed by atoms with Crippen LogP contribution in [0.4, 0.5) is 4.79 Å². The highest BCUT2D eigenvalue weighted by Crippen LogP contribution is 2.39. The van der Waals surface area contributed by atoms with Crippen LogP contribution in [0.5, 0.6) is 0 Å². The highest BCUT2D eigenvalue weighted by atomic mass is 32.2. The van der Waals surface area contributed by atoms with E-state index in [1.54, 1.807) is 0 Å². The van der Waals surface area contributed by atoms with E-state index in [4.69, 9.17) is 0 Å². The number of nitrogens with zero attached hydrogens (tertiary/aromatic N) is 3. The van der Waals surface area contributed by atoms with Crippen molar-refractivity contribution in [3.05, 3.63) is 5.82 Å². The van der Waals surface area contributed by atoms with Crippen molar-refractivity contribution >= 4 is 23.7 Å². The second-order valence-electron chi connectivity index (χ2n) is 5.01. The first-order valence-corrected chi connectivity index (χ1v) is 7.60. The fraction of sp³-hybridized carbons (Fsp3) is 0.667. The highest BCUT2D eigenvalue weighted by Gasteiger charge is 2.30. The highest BCUT2D eigenvalue weighted by molar-refractivity contribution is 7.99. The number of carbonyl (C=O) groups excluding carboxylic acids is 2. The fourth-order valence-electron chi connectivity index (χ4n) is 1.81. The fourth-order valence-corrected chi connectivity index (χ4v) is 2.62. The smallest absolute Gasteiger partial charge is 0.321 e. The van der Waals surface area contributed by atoms with Crippen LogP contribution >= 0.6 is 11.8 Å². The second kappa shape index (κ2) is 6.25. The molecule has 1 aliphatic rings. The summed E-state index contributed by atoms with van der Waals surface area (Å²) in [7, 11) is 1.47. The number of nitrogens with one attached hydrogen (secondary N) is 2. The van der Waals surface area contributed by atoms with Crippen LogP contribution in [-0.4, -0.2) is 39.5 Å². The topological polar surface area (TPSA) is 88.9 Å². The first kappa shape index (κ1) is 14.8. The van der Waals surface area contributed by atoms with Gasteiger partial charge in [-0.1, -0.05) is 25.6 Å². The number of thioether (sulfide) groups is 1. The van der Waals surface area contributed by atoms with Gasteiger partial charge in [-0.2, -0.15) is 0 Å². The molecule has 0 saturated heterocycles. The summed E-state index contributed by atoms with van der Waals surface area (Å²) in [6.45, 7) is 4.16. The van der Waals surface area contributed by atoms with E-state index in [-0.39, 0.29) is 11.7 Å². The van der Waals surface area contributed by atoms with Gasteiger partial charge in [-0.25, -0.2) is 4.79 Å². The van der Waals surface area contributed by atoms with Crippen molar-refractivity contribution in [1.29, 1.82) is 0 Å². The summed E-state index contributed by atoms with van der Waals surface area (Å²) < 4.78 is 2.13. The molecule has 0 atom stereocenters. The molecule has 1 saturated carbocycles. The number of hydrogen-bond acceptors (Lipinski definition) is 5. The third kappa shape index (κ3) is 3.50. The summed E-state index contributed by atoms with van der Waals surface area (Å²) in [6.07, 6.45) is 2.27. The minimum atomic E-state index is -0.498. The molecule has 0 bridgehead atoms. The van der Waals surface area contributed by atoms with Crippen LogP contribution in [0.3, 0.4) is 0 Å². The van der Waals surface area contributed by atoms with Crippen LogP contribution in [0.25, 0.3) is 0 Å². The lowest BCUT2D eigenvalue weighted by atomic mass is 10.2. The maximum atomic E-state index is 11.6. The van der Waals surface area contributed by atoms with Gasteiger partial charge in [0, 0.05) is 19.0 Å². The monoisotopic (exact) mass is 297 g/mol. The molecular formula is C12H19N5O2S.